The zero-order valence-electron chi connectivity index (χ0n) is 19.1. The molecule has 1 aromatic carbocycles. The lowest BCUT2D eigenvalue weighted by Gasteiger charge is -2.30. The molecule has 2 aliphatic rings. The molecule has 9 heteroatoms. The van der Waals surface area contributed by atoms with E-state index in [1.807, 2.05) is 23.0 Å². The van der Waals surface area contributed by atoms with Gasteiger partial charge in [0.15, 0.2) is 11.3 Å². The van der Waals surface area contributed by atoms with Crippen molar-refractivity contribution < 1.29 is 14.3 Å². The minimum atomic E-state index is -0.447. The smallest absolute Gasteiger partial charge is 0.358 e. The summed E-state index contributed by atoms with van der Waals surface area (Å²) in [5.74, 6) is 1.07. The summed E-state index contributed by atoms with van der Waals surface area (Å²) in [5, 5.41) is 0. The maximum Gasteiger partial charge on any atom is 0.358 e. The van der Waals surface area contributed by atoms with E-state index in [1.54, 1.807) is 12.5 Å². The maximum absolute atomic E-state index is 11.7. The zero-order chi connectivity index (χ0) is 23.1. The largest absolute Gasteiger partial charge is 0.464 e. The first kappa shape index (κ1) is 20.9. The molecular formula is C25H26N6O3. The van der Waals surface area contributed by atoms with Gasteiger partial charge in [-0.3, -0.25) is 0 Å². The molecule has 0 saturated carbocycles. The molecule has 0 aliphatic carbocycles. The number of imidazole rings is 2. The van der Waals surface area contributed by atoms with Crippen molar-refractivity contribution in [2.75, 3.05) is 31.8 Å². The van der Waals surface area contributed by atoms with Crippen molar-refractivity contribution in [1.29, 1.82) is 0 Å². The number of rotatable bonds is 5. The second kappa shape index (κ2) is 8.57. The van der Waals surface area contributed by atoms with Gasteiger partial charge in [0.2, 0.25) is 0 Å². The molecule has 5 heterocycles. The molecule has 9 nitrogen and oxygen atoms in total. The highest BCUT2D eigenvalue weighted by molar-refractivity contribution is 5.87. The van der Waals surface area contributed by atoms with Gasteiger partial charge in [-0.25, -0.2) is 19.7 Å². The Kier molecular flexibility index (Phi) is 5.26. The fourth-order valence-electron chi connectivity index (χ4n) is 4.84. The van der Waals surface area contributed by atoms with Gasteiger partial charge in [0.05, 0.1) is 20.0 Å². The molecule has 0 amide bonds. The van der Waals surface area contributed by atoms with Gasteiger partial charge < -0.3 is 23.5 Å². The highest BCUT2D eigenvalue weighted by Crippen LogP contribution is 2.34. The predicted molar refractivity (Wildman–Crippen MR) is 127 cm³/mol. The normalized spacial score (nSPS) is 17.8. The molecule has 34 heavy (non-hydrogen) atoms. The second-order valence-corrected chi connectivity index (χ2v) is 8.87. The summed E-state index contributed by atoms with van der Waals surface area (Å²) in [6.07, 6.45) is 8.35. The minimum absolute atomic E-state index is 0.283. The lowest BCUT2D eigenvalue weighted by atomic mass is 10.0. The first-order chi connectivity index (χ1) is 16.7. The quantitative estimate of drug-likeness (QED) is 0.423. The van der Waals surface area contributed by atoms with Crippen molar-refractivity contribution in [2.45, 2.75) is 25.8 Å². The van der Waals surface area contributed by atoms with E-state index in [1.165, 1.54) is 12.7 Å². The lowest BCUT2D eigenvalue weighted by Crippen LogP contribution is -2.26. The molecule has 1 unspecified atom stereocenters. The number of carbonyl (C=O) groups is 1. The topological polar surface area (TPSA) is 87.3 Å². The fraction of sp³-hybridized carbons (Fsp3) is 0.360. The van der Waals surface area contributed by atoms with Crippen LogP contribution >= 0.6 is 0 Å². The molecule has 174 valence electrons. The van der Waals surface area contributed by atoms with E-state index in [-0.39, 0.29) is 5.69 Å². The first-order valence-corrected chi connectivity index (χ1v) is 11.6. The van der Waals surface area contributed by atoms with Crippen LogP contribution < -0.4 is 4.90 Å². The van der Waals surface area contributed by atoms with Gasteiger partial charge in [-0.1, -0.05) is 0 Å². The molecule has 1 fully saturated rings. The SMILES string of the molecule is COC(=O)c1cn(-c2ccc(N3CCCc4cc5ncn(CC6CCOC6)c5nc43)cc2)cn1. The van der Waals surface area contributed by atoms with Gasteiger partial charge in [-0.2, -0.15) is 0 Å². The molecule has 0 N–H and O–H groups in total. The number of aromatic nitrogens is 5. The summed E-state index contributed by atoms with van der Waals surface area (Å²) in [4.78, 5) is 27.9. The Morgan fingerprint density at radius 3 is 2.82 bits per heavy atom. The molecule has 6 rings (SSSR count). The van der Waals surface area contributed by atoms with E-state index < -0.39 is 5.97 Å². The van der Waals surface area contributed by atoms with E-state index >= 15 is 0 Å². The van der Waals surface area contributed by atoms with Crippen molar-refractivity contribution in [3.8, 4) is 5.69 Å². The van der Waals surface area contributed by atoms with Crippen LogP contribution in [0.2, 0.25) is 0 Å². The van der Waals surface area contributed by atoms with Crippen LogP contribution in [0.15, 0.2) is 49.2 Å². The van der Waals surface area contributed by atoms with Gasteiger partial charge in [0.1, 0.15) is 17.7 Å². The zero-order valence-corrected chi connectivity index (χ0v) is 19.1. The van der Waals surface area contributed by atoms with Crippen LogP contribution in [0.1, 0.15) is 28.9 Å². The average molecular weight is 459 g/mol. The van der Waals surface area contributed by atoms with Crippen LogP contribution in [0.25, 0.3) is 16.9 Å². The summed E-state index contributed by atoms with van der Waals surface area (Å²) in [6, 6.07) is 10.4. The second-order valence-electron chi connectivity index (χ2n) is 8.87. The Balaban J connectivity index is 1.30. The number of hydrogen-bond donors (Lipinski definition) is 0. The third kappa shape index (κ3) is 3.71. The Labute approximate surface area is 197 Å². The summed E-state index contributed by atoms with van der Waals surface area (Å²) < 4.78 is 14.3. The molecular weight excluding hydrogens is 432 g/mol. The van der Waals surface area contributed by atoms with Crippen molar-refractivity contribution in [3.05, 3.63) is 60.4 Å². The highest BCUT2D eigenvalue weighted by atomic mass is 16.5. The van der Waals surface area contributed by atoms with E-state index in [4.69, 9.17) is 14.5 Å². The van der Waals surface area contributed by atoms with Crippen LogP contribution in [0.4, 0.5) is 11.5 Å². The average Bonchev–Trinajstić information content (AvgIpc) is 3.64. The molecule has 0 radical (unpaired) electrons. The van der Waals surface area contributed by atoms with Crippen LogP contribution in [-0.4, -0.2) is 56.9 Å². The maximum atomic E-state index is 11.7. The van der Waals surface area contributed by atoms with Crippen molar-refractivity contribution in [1.82, 2.24) is 24.1 Å². The van der Waals surface area contributed by atoms with Crippen LogP contribution in [-0.2, 0) is 22.4 Å². The predicted octanol–water partition coefficient (Wildman–Crippen LogP) is 3.52. The molecule has 3 aromatic heterocycles. The monoisotopic (exact) mass is 458 g/mol. The van der Waals surface area contributed by atoms with Crippen LogP contribution in [0, 0.1) is 5.92 Å². The molecule has 0 bridgehead atoms. The van der Waals surface area contributed by atoms with E-state index in [9.17, 15) is 4.79 Å². The third-order valence-corrected chi connectivity index (χ3v) is 6.65. The summed E-state index contributed by atoms with van der Waals surface area (Å²) >= 11 is 0. The molecule has 1 atom stereocenters. The third-order valence-electron chi connectivity index (χ3n) is 6.65. The number of fused-ring (bicyclic) bond motifs is 2. The van der Waals surface area contributed by atoms with E-state index in [2.05, 4.69) is 37.6 Å². The van der Waals surface area contributed by atoms with E-state index in [0.717, 1.165) is 73.9 Å². The lowest BCUT2D eigenvalue weighted by molar-refractivity contribution is 0.0594. The van der Waals surface area contributed by atoms with Gasteiger partial charge in [0.25, 0.3) is 0 Å². The number of nitrogens with zero attached hydrogens (tertiary/aromatic N) is 6. The number of aryl methyl sites for hydroxylation is 1. The van der Waals surface area contributed by atoms with Crippen molar-refractivity contribution in [3.63, 3.8) is 0 Å². The standard InChI is InChI=1S/C25H26N6O3/c1-33-25(32)22-13-29(15-27-22)19-4-6-20(7-5-19)31-9-2-3-18-11-21-24(28-23(18)31)30(16-26-21)12-17-8-10-34-14-17/h4-7,11,13,15-17H,2-3,8-10,12,14H2,1H3. The number of anilines is 2. The molecule has 4 aromatic rings. The molecule has 2 aliphatic heterocycles. The number of pyridine rings is 1. The van der Waals surface area contributed by atoms with Crippen molar-refractivity contribution in [2.24, 2.45) is 5.92 Å². The summed E-state index contributed by atoms with van der Waals surface area (Å²) in [6.45, 7) is 3.44. The number of carbonyl (C=O) groups excluding carboxylic acids is 1. The van der Waals surface area contributed by atoms with Gasteiger partial charge in [-0.05, 0) is 55.2 Å². The molecule has 0 spiro atoms. The minimum Gasteiger partial charge on any atom is -0.464 e. The fourth-order valence-corrected chi connectivity index (χ4v) is 4.84. The Morgan fingerprint density at radius 2 is 2.03 bits per heavy atom. The first-order valence-electron chi connectivity index (χ1n) is 11.6. The van der Waals surface area contributed by atoms with Crippen LogP contribution in [0.3, 0.4) is 0 Å². The highest BCUT2D eigenvalue weighted by Gasteiger charge is 2.23. The van der Waals surface area contributed by atoms with Gasteiger partial charge >= 0.3 is 5.97 Å². The Bertz CT molecular complexity index is 1340. The number of hydrogen-bond acceptors (Lipinski definition) is 7. The Morgan fingerprint density at radius 1 is 1.18 bits per heavy atom. The molecule has 1 saturated heterocycles. The van der Waals surface area contributed by atoms with E-state index in [0.29, 0.717) is 5.92 Å². The number of esters is 1. The summed E-state index contributed by atoms with van der Waals surface area (Å²) in [7, 11) is 1.35. The van der Waals surface area contributed by atoms with Gasteiger partial charge in [0, 0.05) is 43.2 Å². The van der Waals surface area contributed by atoms with Crippen molar-refractivity contribution >= 4 is 28.6 Å². The summed E-state index contributed by atoms with van der Waals surface area (Å²) in [5.41, 5.74) is 5.41. The number of benzene rings is 1. The number of ether oxygens (including phenoxy) is 2. The van der Waals surface area contributed by atoms with Crippen LogP contribution in [0.5, 0.6) is 0 Å². The van der Waals surface area contributed by atoms with Gasteiger partial charge in [-0.15, -0.1) is 0 Å². The number of methoxy groups -OCH3 is 1. The Hall–Kier alpha value is -3.72.